The lowest BCUT2D eigenvalue weighted by Crippen LogP contribution is -2.24. The monoisotopic (exact) mass is 478 g/mol. The van der Waals surface area contributed by atoms with Crippen molar-refractivity contribution in [1.29, 1.82) is 0 Å². The summed E-state index contributed by atoms with van der Waals surface area (Å²) in [6.45, 7) is 1.52. The summed E-state index contributed by atoms with van der Waals surface area (Å²) in [5.74, 6) is 0. The van der Waals surface area contributed by atoms with Gasteiger partial charge in [-0.25, -0.2) is 0 Å². The molecule has 33 heavy (non-hydrogen) atoms. The molecule has 3 aromatic rings. The largest absolute Gasteiger partial charge is 0.418 e. The number of rotatable bonds is 10. The van der Waals surface area contributed by atoms with E-state index in [0.717, 1.165) is 16.7 Å². The first-order valence-corrected chi connectivity index (χ1v) is 11.9. The second-order valence-electron chi connectivity index (χ2n) is 7.58. The van der Waals surface area contributed by atoms with Crippen molar-refractivity contribution in [2.75, 3.05) is 13.2 Å². The summed E-state index contributed by atoms with van der Waals surface area (Å²) in [4.78, 5) is 0.0421. The summed E-state index contributed by atoms with van der Waals surface area (Å²) < 4.78 is 75.0. The van der Waals surface area contributed by atoms with E-state index >= 15 is 0 Å². The van der Waals surface area contributed by atoms with Crippen molar-refractivity contribution in [3.63, 3.8) is 0 Å². The standard InChI is InChI=1S/C25H25F3O4S/c1-19-9-15-23(16-10-19)33(29,30)32-18-6-5-17-31-24(25(26,27)28)22-13-11-21(12-14-22)20-7-3-2-4-8-20/h2-4,7-16,24H,5-6,17-18H2,1H3. The van der Waals surface area contributed by atoms with Crippen LogP contribution in [0.15, 0.2) is 83.8 Å². The van der Waals surface area contributed by atoms with E-state index in [9.17, 15) is 21.6 Å². The van der Waals surface area contributed by atoms with E-state index in [2.05, 4.69) is 0 Å². The normalized spacial score (nSPS) is 13.1. The molecule has 176 valence electrons. The van der Waals surface area contributed by atoms with Crippen LogP contribution in [0.25, 0.3) is 11.1 Å². The topological polar surface area (TPSA) is 52.6 Å². The lowest BCUT2D eigenvalue weighted by Gasteiger charge is -2.21. The van der Waals surface area contributed by atoms with Crippen LogP contribution in [-0.2, 0) is 19.0 Å². The maximum atomic E-state index is 13.5. The molecular formula is C25H25F3O4S. The number of benzene rings is 3. The van der Waals surface area contributed by atoms with Gasteiger partial charge >= 0.3 is 6.18 Å². The van der Waals surface area contributed by atoms with Crippen LogP contribution in [0.4, 0.5) is 13.2 Å². The van der Waals surface area contributed by atoms with Gasteiger partial charge in [0.1, 0.15) is 0 Å². The van der Waals surface area contributed by atoms with Crippen LogP contribution in [0, 0.1) is 6.92 Å². The van der Waals surface area contributed by atoms with Crippen molar-refractivity contribution >= 4 is 10.1 Å². The third kappa shape index (κ3) is 7.15. The third-order valence-corrected chi connectivity index (χ3v) is 6.32. The Morgan fingerprint density at radius 1 is 0.788 bits per heavy atom. The third-order valence-electron chi connectivity index (χ3n) is 4.99. The Morgan fingerprint density at radius 3 is 1.97 bits per heavy atom. The predicted molar refractivity (Wildman–Crippen MR) is 120 cm³/mol. The van der Waals surface area contributed by atoms with E-state index < -0.39 is 22.4 Å². The summed E-state index contributed by atoms with van der Waals surface area (Å²) in [5.41, 5.74) is 2.65. The summed E-state index contributed by atoms with van der Waals surface area (Å²) in [6, 6.07) is 21.7. The number of halogens is 3. The molecule has 8 heteroatoms. The predicted octanol–water partition coefficient (Wildman–Crippen LogP) is 6.47. The minimum atomic E-state index is -4.57. The van der Waals surface area contributed by atoms with Crippen molar-refractivity contribution < 1.29 is 30.5 Å². The minimum absolute atomic E-state index is 0.0142. The van der Waals surface area contributed by atoms with Crippen LogP contribution in [0.5, 0.6) is 0 Å². The zero-order valence-corrected chi connectivity index (χ0v) is 18.9. The Morgan fingerprint density at radius 2 is 1.36 bits per heavy atom. The zero-order valence-electron chi connectivity index (χ0n) is 18.1. The molecule has 0 heterocycles. The van der Waals surface area contributed by atoms with Gasteiger partial charge in [-0.2, -0.15) is 21.6 Å². The van der Waals surface area contributed by atoms with Crippen LogP contribution < -0.4 is 0 Å². The van der Waals surface area contributed by atoms with Crippen LogP contribution in [0.3, 0.4) is 0 Å². The average molecular weight is 479 g/mol. The van der Waals surface area contributed by atoms with Gasteiger partial charge in [-0.15, -0.1) is 0 Å². The van der Waals surface area contributed by atoms with Gasteiger partial charge in [0.2, 0.25) is 0 Å². The maximum Gasteiger partial charge on any atom is 0.418 e. The molecule has 0 radical (unpaired) electrons. The van der Waals surface area contributed by atoms with Crippen molar-refractivity contribution in [2.45, 2.75) is 36.9 Å². The summed E-state index contributed by atoms with van der Waals surface area (Å²) in [6.07, 6.45) is -6.17. The highest BCUT2D eigenvalue weighted by Gasteiger charge is 2.41. The molecule has 3 aromatic carbocycles. The zero-order chi connectivity index (χ0) is 23.9. The SMILES string of the molecule is Cc1ccc(S(=O)(=O)OCCCCOC(c2ccc(-c3ccccc3)cc2)C(F)(F)F)cc1. The molecule has 0 saturated carbocycles. The van der Waals surface area contributed by atoms with Gasteiger partial charge in [-0.05, 0) is 48.6 Å². The summed E-state index contributed by atoms with van der Waals surface area (Å²) >= 11 is 0. The van der Waals surface area contributed by atoms with Crippen LogP contribution in [0.2, 0.25) is 0 Å². The first kappa shape index (κ1) is 25.0. The first-order valence-electron chi connectivity index (χ1n) is 10.5. The van der Waals surface area contributed by atoms with Gasteiger partial charge in [-0.3, -0.25) is 4.18 Å². The molecule has 0 aliphatic rings. The number of aryl methyl sites for hydroxylation is 1. The van der Waals surface area contributed by atoms with Crippen molar-refractivity contribution in [1.82, 2.24) is 0 Å². The Hall–Kier alpha value is -2.68. The molecule has 1 unspecified atom stereocenters. The van der Waals surface area contributed by atoms with E-state index in [-0.39, 0.29) is 36.5 Å². The fourth-order valence-corrected chi connectivity index (χ4v) is 4.15. The van der Waals surface area contributed by atoms with E-state index in [1.807, 2.05) is 37.3 Å². The molecule has 0 aliphatic heterocycles. The Bertz CT molecular complexity index is 1110. The highest BCUT2D eigenvalue weighted by Crippen LogP contribution is 2.36. The average Bonchev–Trinajstić information content (AvgIpc) is 2.79. The molecule has 3 rings (SSSR count). The van der Waals surface area contributed by atoms with Crippen molar-refractivity contribution in [2.24, 2.45) is 0 Å². The number of alkyl halides is 3. The Balaban J connectivity index is 1.51. The molecule has 0 spiro atoms. The van der Waals surface area contributed by atoms with Crippen molar-refractivity contribution in [3.8, 4) is 11.1 Å². The lowest BCUT2D eigenvalue weighted by atomic mass is 10.0. The van der Waals surface area contributed by atoms with E-state index in [0.29, 0.717) is 0 Å². The van der Waals surface area contributed by atoms with Gasteiger partial charge in [0.15, 0.2) is 6.10 Å². The van der Waals surface area contributed by atoms with E-state index in [4.69, 9.17) is 8.92 Å². The van der Waals surface area contributed by atoms with Gasteiger partial charge < -0.3 is 4.74 Å². The van der Waals surface area contributed by atoms with E-state index in [1.54, 1.807) is 24.3 Å². The van der Waals surface area contributed by atoms with Gasteiger partial charge in [0, 0.05) is 6.61 Å². The lowest BCUT2D eigenvalue weighted by molar-refractivity contribution is -0.224. The Labute approximate surface area is 192 Å². The molecule has 1 atom stereocenters. The minimum Gasteiger partial charge on any atom is -0.364 e. The summed E-state index contributed by atoms with van der Waals surface area (Å²) in [5, 5.41) is 0. The molecule has 0 saturated heterocycles. The van der Waals surface area contributed by atoms with Gasteiger partial charge in [-0.1, -0.05) is 72.3 Å². The van der Waals surface area contributed by atoms with Gasteiger partial charge in [0.05, 0.1) is 11.5 Å². The highest BCUT2D eigenvalue weighted by molar-refractivity contribution is 7.86. The molecule has 0 amide bonds. The fourth-order valence-electron chi connectivity index (χ4n) is 3.21. The number of hydrogen-bond donors (Lipinski definition) is 0. The molecule has 0 N–H and O–H groups in total. The molecule has 0 aliphatic carbocycles. The maximum absolute atomic E-state index is 13.5. The smallest absolute Gasteiger partial charge is 0.364 e. The number of hydrogen-bond acceptors (Lipinski definition) is 4. The quantitative estimate of drug-likeness (QED) is 0.248. The molecule has 4 nitrogen and oxygen atoms in total. The first-order chi connectivity index (χ1) is 15.7. The second-order valence-corrected chi connectivity index (χ2v) is 9.19. The number of unbranched alkanes of at least 4 members (excludes halogenated alkanes) is 1. The Kier molecular flexibility index (Phi) is 8.29. The number of ether oxygens (including phenoxy) is 1. The van der Waals surface area contributed by atoms with Crippen LogP contribution in [-0.4, -0.2) is 27.8 Å². The van der Waals surface area contributed by atoms with Crippen LogP contribution in [0.1, 0.15) is 30.1 Å². The molecule has 0 fully saturated rings. The highest BCUT2D eigenvalue weighted by atomic mass is 32.2. The summed E-state index contributed by atoms with van der Waals surface area (Å²) in [7, 11) is -3.89. The van der Waals surface area contributed by atoms with Gasteiger partial charge in [0.25, 0.3) is 10.1 Å². The van der Waals surface area contributed by atoms with Crippen molar-refractivity contribution in [3.05, 3.63) is 90.0 Å². The fraction of sp³-hybridized carbons (Fsp3) is 0.280. The molecular weight excluding hydrogens is 453 g/mol. The van der Waals surface area contributed by atoms with E-state index in [1.165, 1.54) is 24.3 Å². The second kappa shape index (κ2) is 11.0. The molecule has 0 aromatic heterocycles. The van der Waals surface area contributed by atoms with Crippen LogP contribution >= 0.6 is 0 Å². The molecule has 0 bridgehead atoms.